The van der Waals surface area contributed by atoms with Crippen molar-refractivity contribution >= 4 is 21.6 Å². The largest absolute Gasteiger partial charge is 0.433 e. The Balaban J connectivity index is 1.96. The van der Waals surface area contributed by atoms with Crippen molar-refractivity contribution in [2.75, 3.05) is 12.9 Å². The smallest absolute Gasteiger partial charge is 0.372 e. The van der Waals surface area contributed by atoms with Crippen LogP contribution in [-0.2, 0) is 32.8 Å². The normalized spacial score (nSPS) is 22.8. The Morgan fingerprint density at radius 1 is 1.19 bits per heavy atom. The Labute approximate surface area is 185 Å². The van der Waals surface area contributed by atoms with Crippen molar-refractivity contribution in [3.05, 3.63) is 47.3 Å². The van der Waals surface area contributed by atoms with E-state index < -0.39 is 49.2 Å². The predicted molar refractivity (Wildman–Crippen MR) is 106 cm³/mol. The van der Waals surface area contributed by atoms with Crippen molar-refractivity contribution in [2.24, 2.45) is 0 Å². The average Bonchev–Trinajstić information content (AvgIpc) is 3.12. The second-order valence-electron chi connectivity index (χ2n) is 7.66. The SMILES string of the molecule is CSCn1nc(C2CC(C)(S(=O)(=O)c3cccc(C(F)(F)F)c3)CCO2)cc1C(F)(F)F. The van der Waals surface area contributed by atoms with E-state index >= 15 is 0 Å². The van der Waals surface area contributed by atoms with E-state index in [2.05, 4.69) is 5.10 Å². The zero-order valence-electron chi connectivity index (χ0n) is 17.0. The molecule has 2 unspecified atom stereocenters. The third kappa shape index (κ3) is 4.79. The van der Waals surface area contributed by atoms with E-state index in [0.717, 1.165) is 40.7 Å². The maximum atomic E-state index is 13.4. The van der Waals surface area contributed by atoms with Gasteiger partial charge in [0.1, 0.15) is 11.8 Å². The van der Waals surface area contributed by atoms with Crippen LogP contribution in [0.1, 0.15) is 42.8 Å². The van der Waals surface area contributed by atoms with Crippen molar-refractivity contribution in [2.45, 2.75) is 53.7 Å². The number of hydrogen-bond donors (Lipinski definition) is 0. The number of benzene rings is 1. The first kappa shape index (κ1) is 24.9. The highest BCUT2D eigenvalue weighted by Gasteiger charge is 2.47. The van der Waals surface area contributed by atoms with Crippen molar-refractivity contribution in [3.63, 3.8) is 0 Å². The number of sulfone groups is 1. The summed E-state index contributed by atoms with van der Waals surface area (Å²) in [6.07, 6.45) is -9.11. The number of halogens is 6. The average molecular weight is 503 g/mol. The highest BCUT2D eigenvalue weighted by atomic mass is 32.2. The summed E-state index contributed by atoms with van der Waals surface area (Å²) >= 11 is 1.12. The molecule has 0 spiro atoms. The molecule has 32 heavy (non-hydrogen) atoms. The van der Waals surface area contributed by atoms with Crippen molar-refractivity contribution in [1.82, 2.24) is 9.78 Å². The molecule has 0 N–H and O–H groups in total. The molecule has 2 heterocycles. The number of hydrogen-bond acceptors (Lipinski definition) is 5. The standard InChI is InChI=1S/C19H20F6N2O3S2/c1-17(32(28,29)13-5-3-4-12(8-13)18(20,21)22)6-7-30-15(10-17)14-9-16(19(23,24)25)27(26-14)11-31-2/h3-5,8-9,15H,6-7,10-11H2,1-2H3. The molecule has 178 valence electrons. The van der Waals surface area contributed by atoms with Crippen LogP contribution in [0.2, 0.25) is 0 Å². The molecule has 1 aliphatic rings. The van der Waals surface area contributed by atoms with Gasteiger partial charge in [0, 0.05) is 6.61 Å². The van der Waals surface area contributed by atoms with Gasteiger partial charge in [-0.2, -0.15) is 31.4 Å². The molecular weight excluding hydrogens is 482 g/mol. The van der Waals surface area contributed by atoms with Gasteiger partial charge in [-0.05, 0) is 50.3 Å². The first-order valence-electron chi connectivity index (χ1n) is 9.36. The van der Waals surface area contributed by atoms with Gasteiger partial charge < -0.3 is 4.74 Å². The fraction of sp³-hybridized carbons (Fsp3) is 0.526. The summed E-state index contributed by atoms with van der Waals surface area (Å²) in [4.78, 5) is -0.501. The van der Waals surface area contributed by atoms with Gasteiger partial charge in [0.15, 0.2) is 9.84 Å². The number of aromatic nitrogens is 2. The number of nitrogens with zero attached hydrogens (tertiary/aromatic N) is 2. The molecule has 3 rings (SSSR count). The minimum Gasteiger partial charge on any atom is -0.372 e. The summed E-state index contributed by atoms with van der Waals surface area (Å²) in [5.74, 6) is -0.0681. The molecule has 1 fully saturated rings. The molecule has 1 aromatic heterocycles. The highest BCUT2D eigenvalue weighted by molar-refractivity contribution is 7.97. The molecule has 1 saturated heterocycles. The van der Waals surface area contributed by atoms with Crippen LogP contribution in [0, 0.1) is 0 Å². The third-order valence-corrected chi connectivity index (χ3v) is 8.40. The highest BCUT2D eigenvalue weighted by Crippen LogP contribution is 2.43. The Morgan fingerprint density at radius 3 is 2.47 bits per heavy atom. The lowest BCUT2D eigenvalue weighted by atomic mass is 9.95. The quantitative estimate of drug-likeness (QED) is 0.518. The van der Waals surface area contributed by atoms with Crippen LogP contribution >= 0.6 is 11.8 Å². The zero-order valence-corrected chi connectivity index (χ0v) is 18.6. The van der Waals surface area contributed by atoms with Crippen LogP contribution in [0.3, 0.4) is 0 Å². The topological polar surface area (TPSA) is 61.2 Å². The van der Waals surface area contributed by atoms with Crippen LogP contribution in [0.5, 0.6) is 0 Å². The maximum Gasteiger partial charge on any atom is 0.433 e. The molecule has 5 nitrogen and oxygen atoms in total. The molecule has 2 aromatic rings. The molecule has 0 amide bonds. The van der Waals surface area contributed by atoms with Gasteiger partial charge >= 0.3 is 12.4 Å². The predicted octanol–water partition coefficient (Wildman–Crippen LogP) is 5.33. The lowest BCUT2D eigenvalue weighted by Crippen LogP contribution is -2.42. The molecule has 13 heteroatoms. The monoisotopic (exact) mass is 502 g/mol. The Morgan fingerprint density at radius 2 is 1.88 bits per heavy atom. The fourth-order valence-electron chi connectivity index (χ4n) is 3.57. The fourth-order valence-corrected chi connectivity index (χ4v) is 5.84. The molecule has 1 aliphatic heterocycles. The summed E-state index contributed by atoms with van der Waals surface area (Å²) in [6.45, 7) is 1.26. The Kier molecular flexibility index (Phi) is 6.66. The van der Waals surface area contributed by atoms with E-state index in [1.54, 1.807) is 6.26 Å². The van der Waals surface area contributed by atoms with Crippen molar-refractivity contribution in [3.8, 4) is 0 Å². The first-order chi connectivity index (χ1) is 14.7. The molecular formula is C19H20F6N2O3S2. The zero-order chi connectivity index (χ0) is 23.9. The van der Waals surface area contributed by atoms with Gasteiger partial charge in [-0.25, -0.2) is 8.42 Å². The minimum absolute atomic E-state index is 0.0280. The van der Waals surface area contributed by atoms with Gasteiger partial charge in [-0.15, -0.1) is 11.8 Å². The summed E-state index contributed by atoms with van der Waals surface area (Å²) in [7, 11) is -4.27. The lowest BCUT2D eigenvalue weighted by molar-refractivity contribution is -0.143. The van der Waals surface area contributed by atoms with E-state index in [0.29, 0.717) is 6.07 Å². The number of ether oxygens (including phenoxy) is 1. The molecule has 1 aromatic carbocycles. The van der Waals surface area contributed by atoms with Gasteiger partial charge in [0.25, 0.3) is 0 Å². The Hall–Kier alpha value is -1.73. The van der Waals surface area contributed by atoms with E-state index in [1.807, 2.05) is 0 Å². The summed E-state index contributed by atoms with van der Waals surface area (Å²) < 4.78 is 111. The molecule has 0 bridgehead atoms. The second-order valence-corrected chi connectivity index (χ2v) is 11.0. The van der Waals surface area contributed by atoms with E-state index in [9.17, 15) is 34.8 Å². The van der Waals surface area contributed by atoms with Crippen molar-refractivity contribution < 1.29 is 39.5 Å². The van der Waals surface area contributed by atoms with E-state index in [-0.39, 0.29) is 31.0 Å². The van der Waals surface area contributed by atoms with Gasteiger partial charge in [-0.3, -0.25) is 4.68 Å². The number of alkyl halides is 6. The number of rotatable bonds is 5. The molecule has 0 saturated carbocycles. The summed E-state index contributed by atoms with van der Waals surface area (Å²) in [5.41, 5.74) is -2.16. The maximum absolute atomic E-state index is 13.4. The van der Waals surface area contributed by atoms with E-state index in [4.69, 9.17) is 4.74 Å². The second kappa shape index (κ2) is 8.56. The van der Waals surface area contributed by atoms with Crippen LogP contribution in [0.4, 0.5) is 26.3 Å². The van der Waals surface area contributed by atoms with Crippen LogP contribution in [0.15, 0.2) is 35.2 Å². The summed E-state index contributed by atoms with van der Waals surface area (Å²) in [5, 5.41) is 3.96. The van der Waals surface area contributed by atoms with Crippen molar-refractivity contribution in [1.29, 1.82) is 0 Å². The van der Waals surface area contributed by atoms with Crippen LogP contribution in [0.25, 0.3) is 0 Å². The first-order valence-corrected chi connectivity index (χ1v) is 12.2. The molecule has 2 atom stereocenters. The van der Waals surface area contributed by atoms with E-state index in [1.165, 1.54) is 6.92 Å². The number of thioether (sulfide) groups is 1. The van der Waals surface area contributed by atoms with Gasteiger partial charge in [-0.1, -0.05) is 6.07 Å². The molecule has 0 radical (unpaired) electrons. The molecule has 0 aliphatic carbocycles. The third-order valence-electron chi connectivity index (χ3n) is 5.36. The van der Waals surface area contributed by atoms with Crippen LogP contribution < -0.4 is 0 Å². The van der Waals surface area contributed by atoms with Gasteiger partial charge in [0.05, 0.1) is 26.8 Å². The Bertz CT molecular complexity index is 1080. The summed E-state index contributed by atoms with van der Waals surface area (Å²) in [6, 6.07) is 4.25. The lowest BCUT2D eigenvalue weighted by Gasteiger charge is -2.37. The minimum atomic E-state index is -4.72. The van der Waals surface area contributed by atoms with Crippen LogP contribution in [-0.4, -0.2) is 35.8 Å². The van der Waals surface area contributed by atoms with Gasteiger partial charge in [0.2, 0.25) is 0 Å².